The SMILES string of the molecule is CC(=O)[O-].CC(C)(C)[NH3+].O. The smallest absolute Gasteiger partial charge is 0.0860 e. The van der Waals surface area contributed by atoms with Crippen LogP contribution in [0, 0.1) is 0 Å². The Balaban J connectivity index is -0.0000000910. The number of aliphatic carboxylic acids is 1. The lowest BCUT2D eigenvalue weighted by Crippen LogP contribution is -2.67. The van der Waals surface area contributed by atoms with E-state index in [0.717, 1.165) is 6.92 Å². The van der Waals surface area contributed by atoms with Crippen molar-refractivity contribution in [1.82, 2.24) is 0 Å². The van der Waals surface area contributed by atoms with Gasteiger partial charge in [0.15, 0.2) is 0 Å². The molecule has 0 atom stereocenters. The van der Waals surface area contributed by atoms with E-state index in [9.17, 15) is 0 Å². The number of rotatable bonds is 0. The maximum Gasteiger partial charge on any atom is 0.0860 e. The van der Waals surface area contributed by atoms with Crippen LogP contribution in [0.25, 0.3) is 0 Å². The summed E-state index contributed by atoms with van der Waals surface area (Å²) in [6, 6.07) is 0. The lowest BCUT2D eigenvalue weighted by atomic mass is 10.1. The van der Waals surface area contributed by atoms with Crippen LogP contribution in [0.2, 0.25) is 0 Å². The topological polar surface area (TPSA) is 99.3 Å². The van der Waals surface area contributed by atoms with Crippen LogP contribution in [0.1, 0.15) is 27.7 Å². The Kier molecular flexibility index (Phi) is 10.5. The molecule has 0 saturated heterocycles. The highest BCUT2D eigenvalue weighted by Crippen LogP contribution is 1.84. The first-order valence-electron chi connectivity index (χ1n) is 2.76. The van der Waals surface area contributed by atoms with Crippen molar-refractivity contribution < 1.29 is 21.1 Å². The molecule has 0 amide bonds. The Morgan fingerprint density at radius 3 is 1.40 bits per heavy atom. The molecule has 0 aliphatic carbocycles. The molecule has 4 nitrogen and oxygen atoms in total. The molecule has 0 heterocycles. The van der Waals surface area contributed by atoms with E-state index >= 15 is 0 Å². The van der Waals surface area contributed by atoms with Gasteiger partial charge in [-0.3, -0.25) is 0 Å². The molecule has 5 N–H and O–H groups in total. The molecule has 0 fully saturated rings. The van der Waals surface area contributed by atoms with Gasteiger partial charge < -0.3 is 21.1 Å². The quantitative estimate of drug-likeness (QED) is 0.431. The van der Waals surface area contributed by atoms with E-state index in [2.05, 4.69) is 26.5 Å². The molecule has 0 bridgehead atoms. The molecule has 0 radical (unpaired) electrons. The largest absolute Gasteiger partial charge is 0.550 e. The van der Waals surface area contributed by atoms with Gasteiger partial charge in [-0.05, 0) is 27.7 Å². The number of carbonyl (C=O) groups excluding carboxylic acids is 1. The van der Waals surface area contributed by atoms with E-state index in [4.69, 9.17) is 9.90 Å². The fraction of sp³-hybridized carbons (Fsp3) is 0.833. The van der Waals surface area contributed by atoms with E-state index in [1.807, 2.05) is 0 Å². The first-order valence-corrected chi connectivity index (χ1v) is 2.76. The summed E-state index contributed by atoms with van der Waals surface area (Å²) in [5.41, 5.74) is 4.02. The second-order valence-electron chi connectivity index (χ2n) is 3.05. The van der Waals surface area contributed by atoms with Crippen molar-refractivity contribution in [2.45, 2.75) is 33.2 Å². The average molecular weight is 151 g/mol. The summed E-state index contributed by atoms with van der Waals surface area (Å²) in [6.07, 6.45) is 0. The standard InChI is InChI=1S/C4H11N.C2H4O2.H2O/c1-4(2,3)5;1-2(3)4;/h5H2,1-3H3;1H3,(H,3,4);1H2. The molecule has 0 spiro atoms. The third-order valence-electron chi connectivity index (χ3n) is 0. The van der Waals surface area contributed by atoms with Crippen LogP contribution >= 0.6 is 0 Å². The minimum Gasteiger partial charge on any atom is -0.550 e. The van der Waals surface area contributed by atoms with Gasteiger partial charge in [-0.2, -0.15) is 0 Å². The zero-order valence-corrected chi connectivity index (χ0v) is 7.02. The minimum atomic E-state index is -1.08. The minimum absolute atomic E-state index is 0. The van der Waals surface area contributed by atoms with E-state index in [1.165, 1.54) is 0 Å². The van der Waals surface area contributed by atoms with E-state index in [1.54, 1.807) is 0 Å². The first-order chi connectivity index (χ1) is 3.73. The summed E-state index contributed by atoms with van der Waals surface area (Å²) in [4.78, 5) is 8.89. The van der Waals surface area contributed by atoms with Crippen molar-refractivity contribution in [2.24, 2.45) is 0 Å². The van der Waals surface area contributed by atoms with Crippen LogP contribution in [-0.4, -0.2) is 17.0 Å². The van der Waals surface area contributed by atoms with Gasteiger partial charge in [-0.25, -0.2) is 0 Å². The van der Waals surface area contributed by atoms with E-state index < -0.39 is 5.97 Å². The molecule has 0 aromatic heterocycles. The summed E-state index contributed by atoms with van der Waals surface area (Å²) in [5.74, 6) is -1.08. The van der Waals surface area contributed by atoms with Gasteiger partial charge in [0.1, 0.15) is 0 Å². The Labute approximate surface area is 61.3 Å². The lowest BCUT2D eigenvalue weighted by Gasteiger charge is -2.01. The van der Waals surface area contributed by atoms with Crippen molar-refractivity contribution in [3.05, 3.63) is 0 Å². The first kappa shape index (κ1) is 16.2. The predicted molar refractivity (Wildman–Crippen MR) is 36.9 cm³/mol. The molecule has 10 heavy (non-hydrogen) atoms. The second-order valence-corrected chi connectivity index (χ2v) is 3.05. The maximum atomic E-state index is 8.89. The van der Waals surface area contributed by atoms with Gasteiger partial charge in [0.2, 0.25) is 0 Å². The van der Waals surface area contributed by atoms with Gasteiger partial charge in [0, 0.05) is 5.97 Å². The van der Waals surface area contributed by atoms with Gasteiger partial charge >= 0.3 is 0 Å². The zero-order valence-electron chi connectivity index (χ0n) is 7.02. The summed E-state index contributed by atoms with van der Waals surface area (Å²) in [6.45, 7) is 7.20. The molecule has 0 aromatic carbocycles. The van der Waals surface area contributed by atoms with E-state index in [-0.39, 0.29) is 11.0 Å². The van der Waals surface area contributed by atoms with Gasteiger partial charge in [-0.15, -0.1) is 0 Å². The van der Waals surface area contributed by atoms with Gasteiger partial charge in [-0.1, -0.05) is 0 Å². The Bertz CT molecular complexity index is 75.5. The number of quaternary nitrogens is 1. The Hall–Kier alpha value is -0.610. The Morgan fingerprint density at radius 1 is 1.40 bits per heavy atom. The molecular formula is C6H17NO3. The lowest BCUT2D eigenvalue weighted by molar-refractivity contribution is -0.458. The summed E-state index contributed by atoms with van der Waals surface area (Å²) in [5, 5.41) is 8.89. The average Bonchev–Trinajstić information content (AvgIpc) is 1.19. The third-order valence-corrected chi connectivity index (χ3v) is 0. The molecule has 0 unspecified atom stereocenters. The molecule has 0 rings (SSSR count). The summed E-state index contributed by atoms with van der Waals surface area (Å²) in [7, 11) is 0. The van der Waals surface area contributed by atoms with Crippen LogP contribution < -0.4 is 10.8 Å². The number of hydrogen-bond acceptors (Lipinski definition) is 2. The predicted octanol–water partition coefficient (Wildman–Crippen LogP) is -2.04. The summed E-state index contributed by atoms with van der Waals surface area (Å²) >= 11 is 0. The van der Waals surface area contributed by atoms with Crippen molar-refractivity contribution in [2.75, 3.05) is 0 Å². The van der Waals surface area contributed by atoms with E-state index in [0.29, 0.717) is 0 Å². The molecule has 0 saturated carbocycles. The molecule has 0 aliphatic heterocycles. The van der Waals surface area contributed by atoms with Crippen molar-refractivity contribution in [3.63, 3.8) is 0 Å². The van der Waals surface area contributed by atoms with Gasteiger partial charge in [0.25, 0.3) is 0 Å². The van der Waals surface area contributed by atoms with Crippen LogP contribution in [0.4, 0.5) is 0 Å². The van der Waals surface area contributed by atoms with Crippen LogP contribution in [0.15, 0.2) is 0 Å². The third kappa shape index (κ3) is 811. The van der Waals surface area contributed by atoms with Crippen molar-refractivity contribution in [1.29, 1.82) is 0 Å². The molecule has 0 aromatic rings. The second kappa shape index (κ2) is 6.51. The molecule has 64 valence electrons. The highest BCUT2D eigenvalue weighted by Gasteiger charge is 2.00. The number of hydrogen-bond donors (Lipinski definition) is 1. The Morgan fingerprint density at radius 2 is 1.40 bits per heavy atom. The van der Waals surface area contributed by atoms with Crippen LogP contribution in [0.5, 0.6) is 0 Å². The number of carboxylic acids is 1. The van der Waals surface area contributed by atoms with Crippen molar-refractivity contribution in [3.8, 4) is 0 Å². The van der Waals surface area contributed by atoms with Gasteiger partial charge in [0.05, 0.1) is 5.54 Å². The molecule has 4 heteroatoms. The number of carboxylic acid groups (broad SMARTS) is 1. The molecular weight excluding hydrogens is 134 g/mol. The van der Waals surface area contributed by atoms with Crippen LogP contribution in [0.3, 0.4) is 0 Å². The zero-order chi connectivity index (χ0) is 8.08. The normalized spacial score (nSPS) is 8.50. The fourth-order valence-electron chi connectivity index (χ4n) is 0. The monoisotopic (exact) mass is 151 g/mol. The summed E-state index contributed by atoms with van der Waals surface area (Å²) < 4.78 is 0. The number of carbonyl (C=O) groups is 1. The van der Waals surface area contributed by atoms with Crippen molar-refractivity contribution >= 4 is 5.97 Å². The highest BCUT2D eigenvalue weighted by atomic mass is 16.4. The van der Waals surface area contributed by atoms with Crippen LogP contribution in [-0.2, 0) is 4.79 Å². The fourth-order valence-corrected chi connectivity index (χ4v) is 0. The maximum absolute atomic E-state index is 8.89. The highest BCUT2D eigenvalue weighted by molar-refractivity contribution is 5.60. The molecule has 0 aliphatic rings.